The first kappa shape index (κ1) is 18.9. The fourth-order valence-corrected chi connectivity index (χ4v) is 2.60. The summed E-state index contributed by atoms with van der Waals surface area (Å²) in [5.74, 6) is -1.03. The van der Waals surface area contributed by atoms with Gasteiger partial charge in [-0.3, -0.25) is 14.4 Å². The Hall–Kier alpha value is -2.44. The van der Waals surface area contributed by atoms with E-state index in [1.807, 2.05) is 24.3 Å². The van der Waals surface area contributed by atoms with Crippen molar-refractivity contribution in [1.82, 2.24) is 16.0 Å². The monoisotopic (exact) mass is 349 g/mol. The molecule has 25 heavy (non-hydrogen) atoms. The van der Waals surface area contributed by atoms with E-state index < -0.39 is 12.1 Å². The van der Waals surface area contributed by atoms with Gasteiger partial charge in [0, 0.05) is 32.0 Å². The molecule has 6 nitrogen and oxygen atoms in total. The summed E-state index contributed by atoms with van der Waals surface area (Å²) in [6.45, 7) is 2.90. The normalized spacial score (nSPS) is 17.7. The van der Waals surface area contributed by atoms with Crippen LogP contribution in [0.5, 0.6) is 0 Å². The standard InChI is InChI=1S/C18H24FN3O3/c1-2-15(19)18(25)22-11-13-5-3-12(4-6-13)10-21-16(23)9-14-7-8-20-17(14)24/h3-6,14-15H,2,7-11H2,1H3,(H,20,24)(H,21,23)(H,22,25)/t14-,15?/m0/s1. The van der Waals surface area contributed by atoms with E-state index in [2.05, 4.69) is 16.0 Å². The highest BCUT2D eigenvalue weighted by Gasteiger charge is 2.26. The highest BCUT2D eigenvalue weighted by atomic mass is 19.1. The molecule has 1 fully saturated rings. The van der Waals surface area contributed by atoms with E-state index >= 15 is 0 Å². The number of carbonyl (C=O) groups excluding carboxylic acids is 3. The molecule has 0 spiro atoms. The summed E-state index contributed by atoms with van der Waals surface area (Å²) in [5.41, 5.74) is 1.77. The molecule has 3 amide bonds. The molecule has 1 aliphatic heterocycles. The second kappa shape index (κ2) is 9.15. The summed E-state index contributed by atoms with van der Waals surface area (Å²) >= 11 is 0. The van der Waals surface area contributed by atoms with Gasteiger partial charge in [-0.25, -0.2) is 4.39 Å². The first-order valence-electron chi connectivity index (χ1n) is 8.53. The van der Waals surface area contributed by atoms with Crippen LogP contribution in [0.4, 0.5) is 4.39 Å². The van der Waals surface area contributed by atoms with Crippen LogP contribution in [0.3, 0.4) is 0 Å². The van der Waals surface area contributed by atoms with E-state index in [-0.39, 0.29) is 37.1 Å². The number of amides is 3. The second-order valence-electron chi connectivity index (χ2n) is 6.17. The van der Waals surface area contributed by atoms with Crippen molar-refractivity contribution in [3.63, 3.8) is 0 Å². The fraction of sp³-hybridized carbons (Fsp3) is 0.500. The average molecular weight is 349 g/mol. The molecule has 2 rings (SSSR count). The molecule has 7 heteroatoms. The number of halogens is 1. The highest BCUT2D eigenvalue weighted by molar-refractivity contribution is 5.87. The van der Waals surface area contributed by atoms with Crippen LogP contribution in [0.1, 0.15) is 37.3 Å². The summed E-state index contributed by atoms with van der Waals surface area (Å²) < 4.78 is 13.2. The molecule has 1 saturated heterocycles. The quantitative estimate of drug-likeness (QED) is 0.659. The molecule has 136 valence electrons. The molecule has 0 aromatic heterocycles. The van der Waals surface area contributed by atoms with Crippen LogP contribution >= 0.6 is 0 Å². The SMILES string of the molecule is CCC(F)C(=O)NCc1ccc(CNC(=O)C[C@@H]2CCNC2=O)cc1. The lowest BCUT2D eigenvalue weighted by Gasteiger charge is -2.10. The summed E-state index contributed by atoms with van der Waals surface area (Å²) in [4.78, 5) is 34.7. The van der Waals surface area contributed by atoms with Crippen molar-refractivity contribution in [3.8, 4) is 0 Å². The Morgan fingerprint density at radius 3 is 2.32 bits per heavy atom. The zero-order valence-corrected chi connectivity index (χ0v) is 14.3. The molecule has 0 radical (unpaired) electrons. The van der Waals surface area contributed by atoms with Gasteiger partial charge in [-0.1, -0.05) is 31.2 Å². The number of alkyl halides is 1. The zero-order valence-electron chi connectivity index (χ0n) is 14.3. The Morgan fingerprint density at radius 1 is 1.20 bits per heavy atom. The maximum absolute atomic E-state index is 13.2. The maximum atomic E-state index is 13.2. The van der Waals surface area contributed by atoms with E-state index in [1.54, 1.807) is 6.92 Å². The Balaban J connectivity index is 1.73. The van der Waals surface area contributed by atoms with Gasteiger partial charge in [0.1, 0.15) is 0 Å². The van der Waals surface area contributed by atoms with E-state index in [0.29, 0.717) is 19.5 Å². The van der Waals surface area contributed by atoms with E-state index in [1.165, 1.54) is 0 Å². The predicted molar refractivity (Wildman–Crippen MR) is 91.1 cm³/mol. The van der Waals surface area contributed by atoms with E-state index in [0.717, 1.165) is 11.1 Å². The molecular formula is C18H24FN3O3. The molecule has 1 heterocycles. The van der Waals surface area contributed by atoms with Gasteiger partial charge in [0.2, 0.25) is 11.8 Å². The van der Waals surface area contributed by atoms with Crippen LogP contribution in [0.2, 0.25) is 0 Å². The molecule has 0 aliphatic carbocycles. The van der Waals surface area contributed by atoms with Gasteiger partial charge in [-0.15, -0.1) is 0 Å². The lowest BCUT2D eigenvalue weighted by atomic mass is 10.0. The van der Waals surface area contributed by atoms with Crippen molar-refractivity contribution in [2.24, 2.45) is 5.92 Å². The first-order chi connectivity index (χ1) is 12.0. The molecule has 1 aliphatic rings. The number of carbonyl (C=O) groups is 3. The largest absolute Gasteiger partial charge is 0.356 e. The number of rotatable bonds is 8. The van der Waals surface area contributed by atoms with Crippen molar-refractivity contribution in [2.75, 3.05) is 6.54 Å². The number of benzene rings is 1. The Bertz CT molecular complexity index is 618. The molecule has 0 bridgehead atoms. The van der Waals surface area contributed by atoms with Crippen molar-refractivity contribution in [1.29, 1.82) is 0 Å². The summed E-state index contributed by atoms with van der Waals surface area (Å²) in [7, 11) is 0. The van der Waals surface area contributed by atoms with Gasteiger partial charge in [-0.05, 0) is 24.0 Å². The van der Waals surface area contributed by atoms with Gasteiger partial charge in [0.25, 0.3) is 5.91 Å². The predicted octanol–water partition coefficient (Wildman–Crippen LogP) is 1.19. The van der Waals surface area contributed by atoms with Crippen molar-refractivity contribution >= 4 is 17.7 Å². The third kappa shape index (κ3) is 5.85. The molecule has 3 N–H and O–H groups in total. The minimum absolute atomic E-state index is 0.0554. The molecule has 1 aromatic carbocycles. The lowest BCUT2D eigenvalue weighted by Crippen LogP contribution is -2.31. The maximum Gasteiger partial charge on any atom is 0.254 e. The van der Waals surface area contributed by atoms with E-state index in [9.17, 15) is 18.8 Å². The summed E-state index contributed by atoms with van der Waals surface area (Å²) in [6.07, 6.45) is -0.411. The zero-order chi connectivity index (χ0) is 18.2. The number of hydrogen-bond donors (Lipinski definition) is 3. The molecule has 2 atom stereocenters. The summed E-state index contributed by atoms with van der Waals surface area (Å²) in [5, 5.41) is 8.06. The van der Waals surface area contributed by atoms with Gasteiger partial charge >= 0.3 is 0 Å². The van der Waals surface area contributed by atoms with Gasteiger partial charge in [-0.2, -0.15) is 0 Å². The third-order valence-corrected chi connectivity index (χ3v) is 4.22. The molecule has 1 aromatic rings. The van der Waals surface area contributed by atoms with Crippen molar-refractivity contribution in [2.45, 2.75) is 45.4 Å². The average Bonchev–Trinajstić information content (AvgIpc) is 3.02. The minimum Gasteiger partial charge on any atom is -0.356 e. The second-order valence-corrected chi connectivity index (χ2v) is 6.17. The molecule has 1 unspecified atom stereocenters. The Labute approximate surface area is 146 Å². The van der Waals surface area contributed by atoms with Crippen LogP contribution < -0.4 is 16.0 Å². The van der Waals surface area contributed by atoms with E-state index in [4.69, 9.17) is 0 Å². The van der Waals surface area contributed by atoms with Crippen molar-refractivity contribution < 1.29 is 18.8 Å². The van der Waals surface area contributed by atoms with Crippen LogP contribution in [0.15, 0.2) is 24.3 Å². The van der Waals surface area contributed by atoms with Crippen LogP contribution in [0.25, 0.3) is 0 Å². The van der Waals surface area contributed by atoms with Crippen LogP contribution in [-0.4, -0.2) is 30.4 Å². The topological polar surface area (TPSA) is 87.3 Å². The van der Waals surface area contributed by atoms with Crippen LogP contribution in [0, 0.1) is 5.92 Å². The third-order valence-electron chi connectivity index (χ3n) is 4.22. The van der Waals surface area contributed by atoms with Gasteiger partial charge in [0.05, 0.1) is 0 Å². The smallest absolute Gasteiger partial charge is 0.254 e. The molecular weight excluding hydrogens is 325 g/mol. The lowest BCUT2D eigenvalue weighted by molar-refractivity contribution is -0.128. The number of nitrogens with one attached hydrogen (secondary N) is 3. The Morgan fingerprint density at radius 2 is 1.80 bits per heavy atom. The van der Waals surface area contributed by atoms with Crippen LogP contribution in [-0.2, 0) is 27.5 Å². The minimum atomic E-state index is -1.48. The molecule has 0 saturated carbocycles. The van der Waals surface area contributed by atoms with Crippen molar-refractivity contribution in [3.05, 3.63) is 35.4 Å². The fourth-order valence-electron chi connectivity index (χ4n) is 2.60. The van der Waals surface area contributed by atoms with Gasteiger partial charge in [0.15, 0.2) is 6.17 Å². The Kier molecular flexibility index (Phi) is 6.91. The first-order valence-corrected chi connectivity index (χ1v) is 8.53. The summed E-state index contributed by atoms with van der Waals surface area (Å²) in [6, 6.07) is 7.34. The highest BCUT2D eigenvalue weighted by Crippen LogP contribution is 2.13. The number of hydrogen-bond acceptors (Lipinski definition) is 3. The van der Waals surface area contributed by atoms with Gasteiger partial charge < -0.3 is 16.0 Å².